The fourth-order valence-electron chi connectivity index (χ4n) is 2.92. The van der Waals surface area contributed by atoms with E-state index in [-0.39, 0.29) is 5.25 Å². The van der Waals surface area contributed by atoms with Crippen LogP contribution in [0.5, 0.6) is 0 Å². The van der Waals surface area contributed by atoms with Crippen LogP contribution in [0.25, 0.3) is 0 Å². The summed E-state index contributed by atoms with van der Waals surface area (Å²) in [4.78, 5) is 0.520. The maximum absolute atomic E-state index is 12.6. The number of ether oxygens (including phenoxy) is 1. The van der Waals surface area contributed by atoms with Crippen LogP contribution < -0.4 is 5.32 Å². The number of sulfone groups is 1. The quantitative estimate of drug-likeness (QED) is 0.912. The minimum Gasteiger partial charge on any atom is -0.379 e. The maximum Gasteiger partial charge on any atom is 0.186 e. The van der Waals surface area contributed by atoms with Crippen molar-refractivity contribution >= 4 is 9.84 Å². The van der Waals surface area contributed by atoms with Gasteiger partial charge in [0.05, 0.1) is 18.1 Å². The molecule has 0 aromatic heterocycles. The van der Waals surface area contributed by atoms with Crippen molar-refractivity contribution in [1.29, 1.82) is 0 Å². The molecule has 3 rings (SSSR count). The molecule has 20 heavy (non-hydrogen) atoms. The van der Waals surface area contributed by atoms with Crippen molar-refractivity contribution < 1.29 is 13.2 Å². The van der Waals surface area contributed by atoms with Crippen molar-refractivity contribution in [2.75, 3.05) is 26.3 Å². The molecule has 0 radical (unpaired) electrons. The fourth-order valence-corrected chi connectivity index (χ4v) is 4.61. The largest absolute Gasteiger partial charge is 0.379 e. The molecule has 110 valence electrons. The Balaban J connectivity index is 1.84. The molecule has 1 aromatic carbocycles. The smallest absolute Gasteiger partial charge is 0.186 e. The lowest BCUT2D eigenvalue weighted by Gasteiger charge is -2.28. The fraction of sp³-hybridized carbons (Fsp3) is 0.600. The topological polar surface area (TPSA) is 55.4 Å². The predicted octanol–water partition coefficient (Wildman–Crippen LogP) is 1.40. The Kier molecular flexibility index (Phi) is 4.10. The van der Waals surface area contributed by atoms with Gasteiger partial charge in [0.2, 0.25) is 0 Å². The highest BCUT2D eigenvalue weighted by atomic mass is 32.2. The van der Waals surface area contributed by atoms with Crippen molar-refractivity contribution in [3.05, 3.63) is 29.8 Å². The number of hydrogen-bond donors (Lipinski definition) is 1. The lowest BCUT2D eigenvalue weighted by atomic mass is 9.91. The van der Waals surface area contributed by atoms with Crippen molar-refractivity contribution in [1.82, 2.24) is 5.32 Å². The van der Waals surface area contributed by atoms with E-state index in [2.05, 4.69) is 5.32 Å². The molecule has 2 fully saturated rings. The molecule has 4 nitrogen and oxygen atoms in total. The van der Waals surface area contributed by atoms with E-state index in [1.807, 2.05) is 18.2 Å². The van der Waals surface area contributed by atoms with Crippen molar-refractivity contribution in [3.63, 3.8) is 0 Å². The van der Waals surface area contributed by atoms with Crippen LogP contribution in [0.1, 0.15) is 18.4 Å². The summed E-state index contributed by atoms with van der Waals surface area (Å²) in [6, 6.07) is 7.48. The zero-order valence-electron chi connectivity index (χ0n) is 11.5. The van der Waals surface area contributed by atoms with Crippen LogP contribution >= 0.6 is 0 Å². The molecular formula is C15H21NO3S. The number of rotatable bonds is 4. The molecule has 2 saturated heterocycles. The zero-order chi connectivity index (χ0) is 14.0. The molecule has 0 aliphatic carbocycles. The third kappa shape index (κ3) is 2.75. The monoisotopic (exact) mass is 295 g/mol. The third-order valence-corrected chi connectivity index (χ3v) is 6.45. The van der Waals surface area contributed by atoms with E-state index >= 15 is 0 Å². The van der Waals surface area contributed by atoms with E-state index in [9.17, 15) is 8.42 Å². The van der Waals surface area contributed by atoms with Crippen LogP contribution in [0.3, 0.4) is 0 Å². The first-order valence-corrected chi connectivity index (χ1v) is 8.83. The molecule has 0 bridgehead atoms. The molecule has 1 N–H and O–H groups in total. The summed E-state index contributed by atoms with van der Waals surface area (Å²) in [7, 11) is -3.22. The minimum atomic E-state index is -3.22. The second kappa shape index (κ2) is 5.84. The summed E-state index contributed by atoms with van der Waals surface area (Å²) >= 11 is 0. The highest BCUT2D eigenvalue weighted by Crippen LogP contribution is 2.28. The van der Waals surface area contributed by atoms with Crippen molar-refractivity contribution in [2.45, 2.75) is 29.4 Å². The van der Waals surface area contributed by atoms with Gasteiger partial charge in [0, 0.05) is 0 Å². The average molecular weight is 295 g/mol. The molecule has 0 atom stereocenters. The molecule has 5 heteroatoms. The van der Waals surface area contributed by atoms with Crippen molar-refractivity contribution in [2.24, 2.45) is 5.92 Å². The summed E-state index contributed by atoms with van der Waals surface area (Å²) in [6.07, 6.45) is 3.12. The van der Waals surface area contributed by atoms with Crippen LogP contribution in [-0.2, 0) is 21.0 Å². The molecule has 2 heterocycles. The van der Waals surface area contributed by atoms with Gasteiger partial charge in [-0.25, -0.2) is 8.42 Å². The van der Waals surface area contributed by atoms with Gasteiger partial charge in [0.15, 0.2) is 9.84 Å². The zero-order valence-corrected chi connectivity index (χ0v) is 12.4. The standard InChI is InChI=1S/C15H21NO3S/c17-20(18,14-10-19-11-14)15-4-2-1-3-13(15)9-12-5-7-16-8-6-12/h1-4,12,14,16H,5-11H2. The summed E-state index contributed by atoms with van der Waals surface area (Å²) in [5.41, 5.74) is 0.978. The summed E-state index contributed by atoms with van der Waals surface area (Å²) in [5, 5.41) is 3.00. The van der Waals surface area contributed by atoms with Gasteiger partial charge in [-0.2, -0.15) is 0 Å². The second-order valence-electron chi connectivity index (χ2n) is 5.71. The number of benzene rings is 1. The Morgan fingerprint density at radius 3 is 2.50 bits per heavy atom. The Hall–Kier alpha value is -0.910. The Morgan fingerprint density at radius 2 is 1.85 bits per heavy atom. The number of piperidine rings is 1. The van der Waals surface area contributed by atoms with E-state index in [4.69, 9.17) is 4.74 Å². The molecule has 0 amide bonds. The summed E-state index contributed by atoms with van der Waals surface area (Å²) in [5.74, 6) is 0.588. The maximum atomic E-state index is 12.6. The Morgan fingerprint density at radius 1 is 1.15 bits per heavy atom. The molecular weight excluding hydrogens is 274 g/mol. The molecule has 0 unspecified atom stereocenters. The van der Waals surface area contributed by atoms with Gasteiger partial charge in [0.1, 0.15) is 5.25 Å². The lowest BCUT2D eigenvalue weighted by Crippen LogP contribution is -2.41. The van der Waals surface area contributed by atoms with E-state index in [0.717, 1.165) is 37.9 Å². The van der Waals surface area contributed by atoms with E-state index in [0.29, 0.717) is 24.0 Å². The van der Waals surface area contributed by atoms with Crippen molar-refractivity contribution in [3.8, 4) is 0 Å². The van der Waals surface area contributed by atoms with Gasteiger partial charge in [-0.05, 0) is 49.9 Å². The molecule has 0 spiro atoms. The summed E-state index contributed by atoms with van der Waals surface area (Å²) < 4.78 is 30.2. The number of nitrogens with one attached hydrogen (secondary N) is 1. The first-order valence-electron chi connectivity index (χ1n) is 7.28. The highest BCUT2D eigenvalue weighted by molar-refractivity contribution is 7.92. The van der Waals surface area contributed by atoms with E-state index < -0.39 is 9.84 Å². The summed E-state index contributed by atoms with van der Waals surface area (Å²) in [6.45, 7) is 2.75. The first-order chi connectivity index (χ1) is 9.68. The number of hydrogen-bond acceptors (Lipinski definition) is 4. The molecule has 2 aliphatic rings. The third-order valence-electron chi connectivity index (χ3n) is 4.29. The SMILES string of the molecule is O=S(=O)(c1ccccc1CC1CCNCC1)C1COC1. The van der Waals surface area contributed by atoms with Crippen LogP contribution in [0.4, 0.5) is 0 Å². The Labute approximate surface area is 120 Å². The van der Waals surface area contributed by atoms with Gasteiger partial charge in [-0.15, -0.1) is 0 Å². The highest BCUT2D eigenvalue weighted by Gasteiger charge is 2.35. The molecule has 2 aliphatic heterocycles. The van der Waals surface area contributed by atoms with Crippen LogP contribution in [-0.4, -0.2) is 40.0 Å². The van der Waals surface area contributed by atoms with E-state index in [1.165, 1.54) is 0 Å². The van der Waals surface area contributed by atoms with Gasteiger partial charge < -0.3 is 10.1 Å². The Bertz CT molecular complexity index is 560. The van der Waals surface area contributed by atoms with Crippen LogP contribution in [0.2, 0.25) is 0 Å². The van der Waals surface area contributed by atoms with Gasteiger partial charge in [0.25, 0.3) is 0 Å². The van der Waals surface area contributed by atoms with Gasteiger partial charge in [-0.1, -0.05) is 18.2 Å². The predicted molar refractivity (Wildman–Crippen MR) is 77.5 cm³/mol. The first kappa shape index (κ1) is 14.0. The van der Waals surface area contributed by atoms with Crippen LogP contribution in [0.15, 0.2) is 29.2 Å². The average Bonchev–Trinajstić information content (AvgIpc) is 2.38. The molecule has 0 saturated carbocycles. The van der Waals surface area contributed by atoms with Gasteiger partial charge in [-0.3, -0.25) is 0 Å². The lowest BCUT2D eigenvalue weighted by molar-refractivity contribution is 0.0415. The van der Waals surface area contributed by atoms with Crippen LogP contribution in [0, 0.1) is 5.92 Å². The normalized spacial score (nSPS) is 21.6. The second-order valence-corrected chi connectivity index (χ2v) is 7.91. The van der Waals surface area contributed by atoms with Gasteiger partial charge >= 0.3 is 0 Å². The van der Waals surface area contributed by atoms with E-state index in [1.54, 1.807) is 6.07 Å². The minimum absolute atomic E-state index is 0.337. The molecule has 1 aromatic rings.